The second kappa shape index (κ2) is 5.63. The number of piperidine rings is 1. The minimum atomic E-state index is -0.424. The first-order chi connectivity index (χ1) is 9.74. The van der Waals surface area contributed by atoms with Gasteiger partial charge in [0.2, 0.25) is 5.91 Å². The largest absolute Gasteiger partial charge is 0.441 e. The molecule has 1 aliphatic heterocycles. The molecule has 2 aliphatic rings. The van der Waals surface area contributed by atoms with E-state index < -0.39 is 5.97 Å². The molecule has 0 unspecified atom stereocenters. The summed E-state index contributed by atoms with van der Waals surface area (Å²) in [5, 5.41) is 5.97. The Morgan fingerprint density at radius 3 is 2.70 bits per heavy atom. The smallest absolute Gasteiger partial charge is 0.339 e. The number of amides is 1. The fourth-order valence-electron chi connectivity index (χ4n) is 3.09. The third kappa shape index (κ3) is 2.67. The Bertz CT molecular complexity index is 503. The summed E-state index contributed by atoms with van der Waals surface area (Å²) in [6, 6.07) is 9.11. The van der Waals surface area contributed by atoms with E-state index in [0.717, 1.165) is 19.3 Å². The standard InChI is InChI=1S/C15H18N2O3/c18-14(13-11-6-7-12(8-11)17-13)16-9-20-15(19)10-4-2-1-3-5-10/h1-5,11-13,17H,6-9H2,(H,16,18)/t11-,12+,13-/m1/s1. The van der Waals surface area contributed by atoms with Crippen molar-refractivity contribution >= 4 is 11.9 Å². The molecular weight excluding hydrogens is 256 g/mol. The fraction of sp³-hybridized carbons (Fsp3) is 0.467. The highest BCUT2D eigenvalue weighted by Gasteiger charge is 2.42. The van der Waals surface area contributed by atoms with Crippen LogP contribution >= 0.6 is 0 Å². The third-order valence-corrected chi connectivity index (χ3v) is 4.10. The molecule has 20 heavy (non-hydrogen) atoms. The first kappa shape index (κ1) is 13.1. The fourth-order valence-corrected chi connectivity index (χ4v) is 3.09. The van der Waals surface area contributed by atoms with E-state index in [4.69, 9.17) is 4.74 Å². The molecule has 1 aromatic carbocycles. The number of rotatable bonds is 4. The molecule has 1 aromatic rings. The van der Waals surface area contributed by atoms with E-state index in [2.05, 4.69) is 10.6 Å². The number of ether oxygens (including phenoxy) is 1. The van der Waals surface area contributed by atoms with Crippen LogP contribution in [0.4, 0.5) is 0 Å². The van der Waals surface area contributed by atoms with Gasteiger partial charge in [-0.1, -0.05) is 18.2 Å². The maximum atomic E-state index is 12.0. The Kier molecular flexibility index (Phi) is 3.69. The van der Waals surface area contributed by atoms with Crippen LogP contribution in [0.1, 0.15) is 29.6 Å². The highest BCUT2D eigenvalue weighted by Crippen LogP contribution is 2.35. The molecular formula is C15H18N2O3. The summed E-state index contributed by atoms with van der Waals surface area (Å²) in [5.41, 5.74) is 0.486. The highest BCUT2D eigenvalue weighted by molar-refractivity contribution is 5.89. The summed E-state index contributed by atoms with van der Waals surface area (Å²) in [6.45, 7) is -0.0812. The Hall–Kier alpha value is -1.88. The molecule has 2 N–H and O–H groups in total. The van der Waals surface area contributed by atoms with Crippen LogP contribution in [-0.2, 0) is 9.53 Å². The van der Waals surface area contributed by atoms with Crippen molar-refractivity contribution < 1.29 is 14.3 Å². The van der Waals surface area contributed by atoms with Crippen LogP contribution in [0.15, 0.2) is 30.3 Å². The molecule has 0 aromatic heterocycles. The van der Waals surface area contributed by atoms with E-state index in [-0.39, 0.29) is 18.7 Å². The lowest BCUT2D eigenvalue weighted by Crippen LogP contribution is -2.48. The number of carbonyl (C=O) groups is 2. The van der Waals surface area contributed by atoms with Crippen molar-refractivity contribution in [1.29, 1.82) is 0 Å². The third-order valence-electron chi connectivity index (χ3n) is 4.10. The predicted octanol–water partition coefficient (Wildman–Crippen LogP) is 1.06. The molecule has 3 rings (SSSR count). The van der Waals surface area contributed by atoms with Gasteiger partial charge in [0.05, 0.1) is 11.6 Å². The summed E-state index contributed by atoms with van der Waals surface area (Å²) in [5.74, 6) is -0.0605. The van der Waals surface area contributed by atoms with E-state index in [1.54, 1.807) is 24.3 Å². The summed E-state index contributed by atoms with van der Waals surface area (Å²) >= 11 is 0. The van der Waals surface area contributed by atoms with Crippen LogP contribution in [0.5, 0.6) is 0 Å². The van der Waals surface area contributed by atoms with Gasteiger partial charge in [0, 0.05) is 6.04 Å². The van der Waals surface area contributed by atoms with Gasteiger partial charge in [0.1, 0.15) is 0 Å². The van der Waals surface area contributed by atoms with Gasteiger partial charge in [-0.15, -0.1) is 0 Å². The summed E-state index contributed by atoms with van der Waals surface area (Å²) in [6.07, 6.45) is 3.36. The molecule has 1 heterocycles. The number of benzene rings is 1. The van der Waals surface area contributed by atoms with E-state index in [0.29, 0.717) is 17.5 Å². The SMILES string of the molecule is O=C(OCNC(=O)[C@@H]1N[C@H]2CC[C@@H]1C2)c1ccccc1. The highest BCUT2D eigenvalue weighted by atomic mass is 16.5. The van der Waals surface area contributed by atoms with E-state index in [1.807, 2.05) is 6.07 Å². The Balaban J connectivity index is 1.44. The lowest BCUT2D eigenvalue weighted by Gasteiger charge is -2.22. The summed E-state index contributed by atoms with van der Waals surface area (Å²) in [7, 11) is 0. The predicted molar refractivity (Wildman–Crippen MR) is 72.9 cm³/mol. The van der Waals surface area contributed by atoms with Crippen molar-refractivity contribution in [2.24, 2.45) is 5.92 Å². The normalized spacial score (nSPS) is 27.3. The van der Waals surface area contributed by atoms with Gasteiger partial charge in [0.15, 0.2) is 6.73 Å². The molecule has 5 nitrogen and oxygen atoms in total. The zero-order valence-corrected chi connectivity index (χ0v) is 11.2. The topological polar surface area (TPSA) is 67.4 Å². The molecule has 1 aliphatic carbocycles. The van der Waals surface area contributed by atoms with Gasteiger partial charge in [-0.25, -0.2) is 4.79 Å². The van der Waals surface area contributed by atoms with Crippen LogP contribution < -0.4 is 10.6 Å². The first-order valence-electron chi connectivity index (χ1n) is 7.00. The number of fused-ring (bicyclic) bond motifs is 2. The molecule has 5 heteroatoms. The summed E-state index contributed by atoms with van der Waals surface area (Å²) < 4.78 is 5.04. The van der Waals surface area contributed by atoms with Gasteiger partial charge in [-0.05, 0) is 37.3 Å². The molecule has 106 valence electrons. The quantitative estimate of drug-likeness (QED) is 0.636. The Morgan fingerprint density at radius 2 is 2.05 bits per heavy atom. The van der Waals surface area contributed by atoms with Crippen molar-refractivity contribution in [2.75, 3.05) is 6.73 Å². The molecule has 1 saturated carbocycles. The molecule has 3 atom stereocenters. The lowest BCUT2D eigenvalue weighted by atomic mass is 9.99. The van der Waals surface area contributed by atoms with Gasteiger partial charge in [-0.2, -0.15) is 0 Å². The molecule has 2 bridgehead atoms. The zero-order valence-electron chi connectivity index (χ0n) is 11.2. The average Bonchev–Trinajstić information content (AvgIpc) is 3.10. The van der Waals surface area contributed by atoms with Gasteiger partial charge in [0.25, 0.3) is 0 Å². The van der Waals surface area contributed by atoms with Gasteiger partial charge >= 0.3 is 5.97 Å². The van der Waals surface area contributed by atoms with Crippen molar-refractivity contribution in [2.45, 2.75) is 31.3 Å². The van der Waals surface area contributed by atoms with Gasteiger partial charge < -0.3 is 15.4 Å². The van der Waals surface area contributed by atoms with Crippen molar-refractivity contribution in [3.05, 3.63) is 35.9 Å². The minimum Gasteiger partial charge on any atom is -0.441 e. The zero-order chi connectivity index (χ0) is 13.9. The van der Waals surface area contributed by atoms with Crippen LogP contribution in [-0.4, -0.2) is 30.7 Å². The number of hydrogen-bond acceptors (Lipinski definition) is 4. The average molecular weight is 274 g/mol. The second-order valence-electron chi connectivity index (χ2n) is 5.40. The molecule has 0 spiro atoms. The second-order valence-corrected chi connectivity index (χ2v) is 5.40. The van der Waals surface area contributed by atoms with Crippen LogP contribution in [0.3, 0.4) is 0 Å². The van der Waals surface area contributed by atoms with Gasteiger partial charge in [-0.3, -0.25) is 4.79 Å². The van der Waals surface area contributed by atoms with E-state index in [9.17, 15) is 9.59 Å². The minimum absolute atomic E-state index is 0.0712. The molecule has 1 saturated heterocycles. The maximum Gasteiger partial charge on any atom is 0.339 e. The van der Waals surface area contributed by atoms with Crippen molar-refractivity contribution in [3.8, 4) is 0 Å². The van der Waals surface area contributed by atoms with Crippen molar-refractivity contribution in [3.63, 3.8) is 0 Å². The van der Waals surface area contributed by atoms with E-state index >= 15 is 0 Å². The van der Waals surface area contributed by atoms with Crippen LogP contribution in [0.2, 0.25) is 0 Å². The maximum absolute atomic E-state index is 12.0. The number of esters is 1. The molecule has 0 radical (unpaired) electrons. The van der Waals surface area contributed by atoms with Crippen LogP contribution in [0, 0.1) is 5.92 Å². The van der Waals surface area contributed by atoms with Crippen LogP contribution in [0.25, 0.3) is 0 Å². The number of hydrogen-bond donors (Lipinski definition) is 2. The summed E-state index contributed by atoms with van der Waals surface area (Å²) in [4.78, 5) is 23.7. The van der Waals surface area contributed by atoms with Crippen molar-refractivity contribution in [1.82, 2.24) is 10.6 Å². The monoisotopic (exact) mass is 274 g/mol. The first-order valence-corrected chi connectivity index (χ1v) is 7.00. The number of carbonyl (C=O) groups excluding carboxylic acids is 2. The Morgan fingerprint density at radius 1 is 1.25 bits per heavy atom. The Labute approximate surface area is 117 Å². The number of nitrogens with one attached hydrogen (secondary N) is 2. The molecule has 1 amide bonds. The van der Waals surface area contributed by atoms with E-state index in [1.165, 1.54) is 0 Å². The molecule has 2 fully saturated rings. The lowest BCUT2D eigenvalue weighted by molar-refractivity contribution is -0.125.